The lowest BCUT2D eigenvalue weighted by molar-refractivity contribution is 0.301. The first-order valence-electron chi connectivity index (χ1n) is 5.58. The van der Waals surface area contributed by atoms with Gasteiger partial charge in [0.1, 0.15) is 18.2 Å². The van der Waals surface area contributed by atoms with Crippen molar-refractivity contribution in [1.29, 1.82) is 0 Å². The van der Waals surface area contributed by atoms with Crippen LogP contribution in [-0.4, -0.2) is 4.98 Å². The molecule has 0 atom stereocenters. The molecule has 0 fully saturated rings. The van der Waals surface area contributed by atoms with Crippen molar-refractivity contribution in [3.05, 3.63) is 44.6 Å². The van der Waals surface area contributed by atoms with E-state index in [0.717, 1.165) is 10.7 Å². The summed E-state index contributed by atoms with van der Waals surface area (Å²) in [5, 5.41) is 3.10. The number of nitrogens with zero attached hydrogens (tertiary/aromatic N) is 1. The maximum absolute atomic E-state index is 13.0. The molecule has 2 nitrogen and oxygen atoms in total. The molecular formula is C13H13BrFNOS. The Bertz CT molecular complexity index is 542. The normalized spacial score (nSPS) is 10.9. The minimum absolute atomic E-state index is 0.293. The van der Waals surface area contributed by atoms with E-state index in [1.165, 1.54) is 6.07 Å². The smallest absolute Gasteiger partial charge is 0.137 e. The van der Waals surface area contributed by atoms with Crippen molar-refractivity contribution >= 4 is 27.3 Å². The lowest BCUT2D eigenvalue weighted by atomic mass is 10.2. The minimum atomic E-state index is -0.293. The summed E-state index contributed by atoms with van der Waals surface area (Å²) in [6.07, 6.45) is 0. The Hall–Kier alpha value is -0.940. The number of aromatic nitrogens is 1. The molecule has 2 aromatic rings. The zero-order valence-corrected chi connectivity index (χ0v) is 12.5. The summed E-state index contributed by atoms with van der Waals surface area (Å²) in [5.41, 5.74) is 0.907. The zero-order chi connectivity index (χ0) is 13.1. The van der Waals surface area contributed by atoms with E-state index in [1.807, 2.05) is 5.38 Å². The summed E-state index contributed by atoms with van der Waals surface area (Å²) >= 11 is 4.76. The average Bonchev–Trinajstić information content (AvgIpc) is 2.79. The molecule has 1 aromatic heterocycles. The fourth-order valence-electron chi connectivity index (χ4n) is 1.38. The molecule has 5 heteroatoms. The van der Waals surface area contributed by atoms with E-state index in [0.29, 0.717) is 22.7 Å². The van der Waals surface area contributed by atoms with Crippen LogP contribution < -0.4 is 4.74 Å². The molecule has 0 unspecified atom stereocenters. The largest absolute Gasteiger partial charge is 0.487 e. The highest BCUT2D eigenvalue weighted by molar-refractivity contribution is 9.10. The quantitative estimate of drug-likeness (QED) is 0.807. The van der Waals surface area contributed by atoms with Crippen molar-refractivity contribution in [1.82, 2.24) is 4.98 Å². The van der Waals surface area contributed by atoms with Gasteiger partial charge in [0.25, 0.3) is 0 Å². The van der Waals surface area contributed by atoms with E-state index in [1.54, 1.807) is 23.5 Å². The SMILES string of the molecule is CC(C)c1nc(COc2ccc(F)c(Br)c2)cs1. The van der Waals surface area contributed by atoms with Crippen LogP contribution in [0.3, 0.4) is 0 Å². The fourth-order valence-corrected chi connectivity index (χ4v) is 2.56. The molecule has 96 valence electrons. The van der Waals surface area contributed by atoms with Gasteiger partial charge in [0.2, 0.25) is 0 Å². The van der Waals surface area contributed by atoms with Gasteiger partial charge in [0, 0.05) is 11.3 Å². The first kappa shape index (κ1) is 13.5. The van der Waals surface area contributed by atoms with Crippen LogP contribution in [0.4, 0.5) is 4.39 Å². The van der Waals surface area contributed by atoms with Crippen LogP contribution in [0.2, 0.25) is 0 Å². The van der Waals surface area contributed by atoms with Crippen molar-refractivity contribution in [3.8, 4) is 5.75 Å². The second-order valence-corrected chi connectivity index (χ2v) is 5.94. The first-order chi connectivity index (χ1) is 8.56. The second-order valence-electron chi connectivity index (χ2n) is 4.20. The summed E-state index contributed by atoms with van der Waals surface area (Å²) in [6.45, 7) is 4.63. The van der Waals surface area contributed by atoms with Gasteiger partial charge in [-0.15, -0.1) is 11.3 Å². The fraction of sp³-hybridized carbons (Fsp3) is 0.308. The molecule has 0 saturated heterocycles. The Balaban J connectivity index is 2.00. The lowest BCUT2D eigenvalue weighted by Gasteiger charge is -2.05. The van der Waals surface area contributed by atoms with Gasteiger partial charge >= 0.3 is 0 Å². The van der Waals surface area contributed by atoms with Gasteiger partial charge in [-0.05, 0) is 34.1 Å². The number of benzene rings is 1. The molecule has 0 saturated carbocycles. The van der Waals surface area contributed by atoms with E-state index in [9.17, 15) is 4.39 Å². The summed E-state index contributed by atoms with van der Waals surface area (Å²) in [5.74, 6) is 0.768. The van der Waals surface area contributed by atoms with E-state index < -0.39 is 0 Å². The Labute approximate surface area is 118 Å². The summed E-state index contributed by atoms with van der Waals surface area (Å²) < 4.78 is 19.0. The molecule has 2 rings (SSSR count). The Morgan fingerprint density at radius 3 is 2.83 bits per heavy atom. The van der Waals surface area contributed by atoms with Gasteiger partial charge in [0.15, 0.2) is 0 Å². The van der Waals surface area contributed by atoms with Gasteiger partial charge in [-0.25, -0.2) is 9.37 Å². The number of thiazole rings is 1. The van der Waals surface area contributed by atoms with E-state index in [-0.39, 0.29) is 5.82 Å². The summed E-state index contributed by atoms with van der Waals surface area (Å²) in [7, 11) is 0. The van der Waals surface area contributed by atoms with Crippen LogP contribution in [0, 0.1) is 5.82 Å². The monoisotopic (exact) mass is 329 g/mol. The van der Waals surface area contributed by atoms with E-state index in [4.69, 9.17) is 4.74 Å². The van der Waals surface area contributed by atoms with Gasteiger partial charge in [-0.2, -0.15) is 0 Å². The highest BCUT2D eigenvalue weighted by Gasteiger charge is 2.07. The molecule has 0 aliphatic rings. The number of rotatable bonds is 4. The minimum Gasteiger partial charge on any atom is -0.487 e. The molecule has 0 radical (unpaired) electrons. The van der Waals surface area contributed by atoms with Gasteiger partial charge < -0.3 is 4.74 Å². The highest BCUT2D eigenvalue weighted by atomic mass is 79.9. The molecular weight excluding hydrogens is 317 g/mol. The third kappa shape index (κ3) is 3.29. The maximum atomic E-state index is 13.0. The summed E-state index contributed by atoms with van der Waals surface area (Å²) in [4.78, 5) is 4.47. The molecule has 0 aliphatic heterocycles. The van der Waals surface area contributed by atoms with Crippen LogP contribution in [0.15, 0.2) is 28.1 Å². The average molecular weight is 330 g/mol. The number of hydrogen-bond acceptors (Lipinski definition) is 3. The molecule has 0 aliphatic carbocycles. The molecule has 1 heterocycles. The zero-order valence-electron chi connectivity index (χ0n) is 10.1. The van der Waals surface area contributed by atoms with Crippen molar-refractivity contribution in [2.24, 2.45) is 0 Å². The predicted molar refractivity (Wildman–Crippen MR) is 74.6 cm³/mol. The van der Waals surface area contributed by atoms with Crippen molar-refractivity contribution < 1.29 is 9.13 Å². The third-order valence-corrected chi connectivity index (χ3v) is 4.14. The molecule has 0 N–H and O–H groups in total. The van der Waals surface area contributed by atoms with Crippen LogP contribution in [0.5, 0.6) is 5.75 Å². The van der Waals surface area contributed by atoms with Crippen molar-refractivity contribution in [2.45, 2.75) is 26.4 Å². The van der Waals surface area contributed by atoms with E-state index >= 15 is 0 Å². The topological polar surface area (TPSA) is 22.1 Å². The molecule has 0 amide bonds. The predicted octanol–water partition coefficient (Wildman–Crippen LogP) is 4.75. The number of hydrogen-bond donors (Lipinski definition) is 0. The summed E-state index contributed by atoms with van der Waals surface area (Å²) in [6, 6.07) is 4.60. The standard InChI is InChI=1S/C13H13BrFNOS/c1-8(2)13-16-9(7-18-13)6-17-10-3-4-12(15)11(14)5-10/h3-5,7-8H,6H2,1-2H3. The Morgan fingerprint density at radius 1 is 1.44 bits per heavy atom. The lowest BCUT2D eigenvalue weighted by Crippen LogP contribution is -1.97. The number of halogens is 2. The second kappa shape index (κ2) is 5.80. The maximum Gasteiger partial charge on any atom is 0.137 e. The molecule has 18 heavy (non-hydrogen) atoms. The molecule has 1 aromatic carbocycles. The van der Waals surface area contributed by atoms with Crippen LogP contribution in [-0.2, 0) is 6.61 Å². The van der Waals surface area contributed by atoms with Crippen molar-refractivity contribution in [3.63, 3.8) is 0 Å². The first-order valence-corrected chi connectivity index (χ1v) is 7.25. The van der Waals surface area contributed by atoms with Gasteiger partial charge in [-0.1, -0.05) is 13.8 Å². The van der Waals surface area contributed by atoms with Gasteiger partial charge in [0.05, 0.1) is 15.2 Å². The van der Waals surface area contributed by atoms with Crippen molar-refractivity contribution in [2.75, 3.05) is 0 Å². The number of ether oxygens (including phenoxy) is 1. The van der Waals surface area contributed by atoms with Crippen LogP contribution in [0.25, 0.3) is 0 Å². The van der Waals surface area contributed by atoms with E-state index in [2.05, 4.69) is 34.8 Å². The van der Waals surface area contributed by atoms with Crippen LogP contribution >= 0.6 is 27.3 Å². The third-order valence-electron chi connectivity index (χ3n) is 2.34. The van der Waals surface area contributed by atoms with Crippen LogP contribution in [0.1, 0.15) is 30.5 Å². The molecule has 0 bridgehead atoms. The Kier molecular flexibility index (Phi) is 4.35. The molecule has 0 spiro atoms. The highest BCUT2D eigenvalue weighted by Crippen LogP contribution is 2.23. The Morgan fingerprint density at radius 2 is 2.22 bits per heavy atom. The van der Waals surface area contributed by atoms with Gasteiger partial charge in [-0.3, -0.25) is 0 Å².